The maximum absolute atomic E-state index is 12.2. The van der Waals surface area contributed by atoms with Crippen molar-refractivity contribution in [1.82, 2.24) is 0 Å². The monoisotopic (exact) mass is 423 g/mol. The van der Waals surface area contributed by atoms with Crippen molar-refractivity contribution in [2.24, 2.45) is 0 Å². The lowest BCUT2D eigenvalue weighted by Crippen LogP contribution is -2.13. The molecule has 19 heavy (non-hydrogen) atoms. The Morgan fingerprint density at radius 1 is 1.00 bits per heavy atom. The Kier molecular flexibility index (Phi) is 4.55. The Bertz CT molecular complexity index is 702. The van der Waals surface area contributed by atoms with E-state index in [9.17, 15) is 8.42 Å². The summed E-state index contributed by atoms with van der Waals surface area (Å²) in [6.45, 7) is 0. The van der Waals surface area contributed by atoms with Gasteiger partial charge in [0, 0.05) is 14.0 Å². The molecule has 0 atom stereocenters. The van der Waals surface area contributed by atoms with Crippen molar-refractivity contribution < 1.29 is 8.42 Å². The van der Waals surface area contributed by atoms with Crippen LogP contribution in [0.3, 0.4) is 0 Å². The van der Waals surface area contributed by atoms with Crippen LogP contribution >= 0.6 is 43.5 Å². The summed E-state index contributed by atoms with van der Waals surface area (Å²) in [5, 5.41) is 0.526. The van der Waals surface area contributed by atoms with Gasteiger partial charge in [-0.25, -0.2) is 8.42 Å². The first-order chi connectivity index (χ1) is 8.88. The van der Waals surface area contributed by atoms with E-state index < -0.39 is 10.0 Å². The van der Waals surface area contributed by atoms with Gasteiger partial charge < -0.3 is 0 Å². The molecular weight excluding hydrogens is 417 g/mol. The van der Waals surface area contributed by atoms with Crippen LogP contribution in [0.5, 0.6) is 0 Å². The lowest BCUT2D eigenvalue weighted by molar-refractivity contribution is 0.601. The molecule has 0 aromatic heterocycles. The van der Waals surface area contributed by atoms with E-state index in [1.807, 2.05) is 0 Å². The Morgan fingerprint density at radius 2 is 1.63 bits per heavy atom. The van der Waals surface area contributed by atoms with Gasteiger partial charge in [-0.2, -0.15) is 0 Å². The summed E-state index contributed by atoms with van der Waals surface area (Å²) in [6, 6.07) is 11.2. The number of rotatable bonds is 3. The minimum absolute atomic E-state index is 0.192. The van der Waals surface area contributed by atoms with Crippen LogP contribution in [0.1, 0.15) is 0 Å². The van der Waals surface area contributed by atoms with E-state index in [1.165, 1.54) is 12.1 Å². The van der Waals surface area contributed by atoms with Crippen LogP contribution in [0.25, 0.3) is 0 Å². The zero-order valence-corrected chi connectivity index (χ0v) is 14.1. The molecule has 0 saturated carbocycles. The fraction of sp³-hybridized carbons (Fsp3) is 0. The van der Waals surface area contributed by atoms with Crippen molar-refractivity contribution in [3.05, 3.63) is 56.4 Å². The molecule has 2 aromatic carbocycles. The van der Waals surface area contributed by atoms with Crippen LogP contribution in [0.4, 0.5) is 5.69 Å². The first-order valence-electron chi connectivity index (χ1n) is 5.12. The first kappa shape index (κ1) is 14.8. The van der Waals surface area contributed by atoms with Gasteiger partial charge in [-0.15, -0.1) is 0 Å². The highest BCUT2D eigenvalue weighted by molar-refractivity contribution is 9.10. The third-order valence-electron chi connectivity index (χ3n) is 2.30. The second kappa shape index (κ2) is 5.83. The lowest BCUT2D eigenvalue weighted by Gasteiger charge is -2.10. The molecule has 0 saturated heterocycles. The van der Waals surface area contributed by atoms with Crippen molar-refractivity contribution in [3.8, 4) is 0 Å². The summed E-state index contributed by atoms with van der Waals surface area (Å²) in [4.78, 5) is 0.192. The summed E-state index contributed by atoms with van der Waals surface area (Å²) in [7, 11) is -3.61. The van der Waals surface area contributed by atoms with Gasteiger partial charge in [0.25, 0.3) is 10.0 Å². The molecule has 2 aromatic rings. The van der Waals surface area contributed by atoms with Crippen molar-refractivity contribution in [2.75, 3.05) is 4.72 Å². The smallest absolute Gasteiger partial charge is 0.261 e. The summed E-state index contributed by atoms with van der Waals surface area (Å²) in [5.41, 5.74) is 0.437. The Hall–Kier alpha value is -0.560. The minimum atomic E-state index is -3.61. The summed E-state index contributed by atoms with van der Waals surface area (Å²) < 4.78 is 28.2. The molecule has 0 spiro atoms. The molecule has 0 heterocycles. The molecule has 0 amide bonds. The molecule has 0 unspecified atom stereocenters. The molecule has 0 bridgehead atoms. The molecule has 0 aliphatic rings. The zero-order valence-electron chi connectivity index (χ0n) is 9.40. The quantitative estimate of drug-likeness (QED) is 0.777. The number of benzene rings is 2. The number of sulfonamides is 1. The van der Waals surface area contributed by atoms with E-state index in [1.54, 1.807) is 30.3 Å². The van der Waals surface area contributed by atoms with Crippen LogP contribution in [-0.2, 0) is 10.0 Å². The molecule has 0 aliphatic carbocycles. The lowest BCUT2D eigenvalue weighted by atomic mass is 10.3. The molecule has 0 radical (unpaired) electrons. The van der Waals surface area contributed by atoms with Gasteiger partial charge in [0.1, 0.15) is 0 Å². The highest BCUT2D eigenvalue weighted by Crippen LogP contribution is 2.28. The highest BCUT2D eigenvalue weighted by Gasteiger charge is 2.15. The molecule has 3 nitrogen and oxygen atoms in total. The van der Waals surface area contributed by atoms with Gasteiger partial charge in [-0.3, -0.25) is 4.72 Å². The summed E-state index contributed by atoms with van der Waals surface area (Å²) >= 11 is 12.3. The van der Waals surface area contributed by atoms with Gasteiger partial charge in [-0.05, 0) is 58.4 Å². The maximum Gasteiger partial charge on any atom is 0.261 e. The Labute approximate surface area is 133 Å². The van der Waals surface area contributed by atoms with E-state index >= 15 is 0 Å². The topological polar surface area (TPSA) is 46.2 Å². The molecule has 2 rings (SSSR count). The van der Waals surface area contributed by atoms with E-state index in [-0.39, 0.29) is 4.90 Å². The van der Waals surface area contributed by atoms with Gasteiger partial charge >= 0.3 is 0 Å². The highest BCUT2D eigenvalue weighted by atomic mass is 79.9. The summed E-state index contributed by atoms with van der Waals surface area (Å²) in [6.07, 6.45) is 0. The molecule has 100 valence electrons. The number of hydrogen-bond donors (Lipinski definition) is 1. The van der Waals surface area contributed by atoms with Crippen molar-refractivity contribution >= 4 is 59.2 Å². The standard InChI is InChI=1S/C12H8Br2ClNO2S/c13-8-1-4-10(5-2-8)19(17,18)16-12-6-3-9(15)7-11(12)14/h1-7,16H. The molecule has 0 fully saturated rings. The van der Waals surface area contributed by atoms with E-state index in [2.05, 4.69) is 36.6 Å². The fourth-order valence-electron chi connectivity index (χ4n) is 1.39. The summed E-state index contributed by atoms with van der Waals surface area (Å²) in [5.74, 6) is 0. The van der Waals surface area contributed by atoms with Crippen LogP contribution in [-0.4, -0.2) is 8.42 Å². The molecule has 1 N–H and O–H groups in total. The number of halogens is 3. The molecule has 7 heteroatoms. The average Bonchev–Trinajstić information content (AvgIpc) is 2.33. The van der Waals surface area contributed by atoms with Gasteiger partial charge in [0.2, 0.25) is 0 Å². The maximum atomic E-state index is 12.2. The van der Waals surface area contributed by atoms with Crippen molar-refractivity contribution in [1.29, 1.82) is 0 Å². The van der Waals surface area contributed by atoms with E-state index in [0.29, 0.717) is 15.2 Å². The third-order valence-corrected chi connectivity index (χ3v) is 5.10. The predicted molar refractivity (Wildman–Crippen MR) is 84.1 cm³/mol. The second-order valence-electron chi connectivity index (χ2n) is 3.68. The minimum Gasteiger partial charge on any atom is -0.278 e. The number of nitrogens with one attached hydrogen (secondary N) is 1. The first-order valence-corrected chi connectivity index (χ1v) is 8.57. The molecule has 0 aliphatic heterocycles. The van der Waals surface area contributed by atoms with Gasteiger partial charge in [0.15, 0.2) is 0 Å². The van der Waals surface area contributed by atoms with Crippen LogP contribution in [0.2, 0.25) is 5.02 Å². The Morgan fingerprint density at radius 3 is 2.21 bits per heavy atom. The second-order valence-corrected chi connectivity index (χ2v) is 7.57. The predicted octanol–water partition coefficient (Wildman–Crippen LogP) is 4.67. The normalized spacial score (nSPS) is 11.3. The Balaban J connectivity index is 2.33. The van der Waals surface area contributed by atoms with E-state index in [4.69, 9.17) is 11.6 Å². The van der Waals surface area contributed by atoms with Crippen LogP contribution < -0.4 is 4.72 Å². The van der Waals surface area contributed by atoms with Crippen molar-refractivity contribution in [2.45, 2.75) is 4.90 Å². The zero-order chi connectivity index (χ0) is 14.0. The van der Waals surface area contributed by atoms with Crippen molar-refractivity contribution in [3.63, 3.8) is 0 Å². The number of hydrogen-bond acceptors (Lipinski definition) is 2. The van der Waals surface area contributed by atoms with Gasteiger partial charge in [0.05, 0.1) is 10.6 Å². The number of anilines is 1. The van der Waals surface area contributed by atoms with E-state index in [0.717, 1.165) is 4.47 Å². The molecular formula is C12H8Br2ClNO2S. The SMILES string of the molecule is O=S(=O)(Nc1ccc(Cl)cc1Br)c1ccc(Br)cc1. The average molecular weight is 426 g/mol. The third kappa shape index (κ3) is 3.72. The fourth-order valence-corrected chi connectivity index (χ4v) is 3.65. The largest absolute Gasteiger partial charge is 0.278 e. The van der Waals surface area contributed by atoms with Gasteiger partial charge in [-0.1, -0.05) is 27.5 Å². The van der Waals surface area contributed by atoms with Crippen LogP contribution in [0.15, 0.2) is 56.3 Å². The van der Waals surface area contributed by atoms with Crippen LogP contribution in [0, 0.1) is 0 Å².